The number of carbonyl (C=O) groups is 1. The highest BCUT2D eigenvalue weighted by molar-refractivity contribution is 9.12. The molecule has 1 heterocycles. The zero-order chi connectivity index (χ0) is 13.8. The van der Waals surface area contributed by atoms with Crippen molar-refractivity contribution in [2.45, 2.75) is 11.4 Å². The Kier molecular flexibility index (Phi) is 5.18. The highest BCUT2D eigenvalue weighted by atomic mass is 79.9. The van der Waals surface area contributed by atoms with Gasteiger partial charge in [-0.1, -0.05) is 55.3 Å². The van der Waals surface area contributed by atoms with E-state index in [2.05, 4.69) is 31.9 Å². The summed E-state index contributed by atoms with van der Waals surface area (Å²) < 4.78 is 7.42. The summed E-state index contributed by atoms with van der Waals surface area (Å²) in [6.45, 7) is 0.228. The molecule has 2 rings (SSSR count). The van der Waals surface area contributed by atoms with Gasteiger partial charge in [0.05, 0.1) is 15.0 Å². The normalized spacial score (nSPS) is 12.5. The van der Waals surface area contributed by atoms with Gasteiger partial charge in [-0.15, -0.1) is 0 Å². The maximum atomic E-state index is 11.8. The van der Waals surface area contributed by atoms with Gasteiger partial charge in [0.25, 0.3) is 0 Å². The standard InChI is InChI=1S/C12H11Br2NO3S/c13-5-8(14)7-18-11(16)6-15-9-3-1-2-4-10(9)19-12(15)17/h1-4,8H,5-7H2/t8-/m0/s1. The van der Waals surface area contributed by atoms with Gasteiger partial charge < -0.3 is 4.74 Å². The summed E-state index contributed by atoms with van der Waals surface area (Å²) >= 11 is 7.76. The van der Waals surface area contributed by atoms with Crippen molar-refractivity contribution >= 4 is 59.4 Å². The fourth-order valence-corrected chi connectivity index (χ4v) is 2.78. The number of para-hydroxylation sites is 1. The van der Waals surface area contributed by atoms with Crippen molar-refractivity contribution in [1.29, 1.82) is 0 Å². The van der Waals surface area contributed by atoms with Crippen LogP contribution in [0.5, 0.6) is 0 Å². The third-order valence-electron chi connectivity index (χ3n) is 2.45. The van der Waals surface area contributed by atoms with Crippen molar-refractivity contribution < 1.29 is 9.53 Å². The summed E-state index contributed by atoms with van der Waals surface area (Å²) in [6, 6.07) is 7.40. The first-order valence-corrected chi connectivity index (χ1v) is 8.41. The van der Waals surface area contributed by atoms with Crippen molar-refractivity contribution in [2.75, 3.05) is 11.9 Å². The van der Waals surface area contributed by atoms with Crippen LogP contribution in [0.2, 0.25) is 0 Å². The molecule has 0 saturated heterocycles. The van der Waals surface area contributed by atoms with E-state index in [1.165, 1.54) is 4.57 Å². The number of carbonyl (C=O) groups excluding carboxylic acids is 1. The lowest BCUT2D eigenvalue weighted by molar-refractivity contribution is -0.144. The number of esters is 1. The number of ether oxygens (including phenoxy) is 1. The van der Waals surface area contributed by atoms with Gasteiger partial charge in [0.2, 0.25) is 0 Å². The second-order valence-corrected chi connectivity index (χ2v) is 6.79. The predicted molar refractivity (Wildman–Crippen MR) is 83.6 cm³/mol. The van der Waals surface area contributed by atoms with Crippen LogP contribution in [0.25, 0.3) is 10.2 Å². The number of nitrogens with zero attached hydrogens (tertiary/aromatic N) is 1. The molecule has 1 aromatic heterocycles. The molecular formula is C12H11Br2NO3S. The second-order valence-electron chi connectivity index (χ2n) is 3.86. The van der Waals surface area contributed by atoms with Crippen molar-refractivity contribution in [3.8, 4) is 0 Å². The molecule has 7 heteroatoms. The lowest BCUT2D eigenvalue weighted by Gasteiger charge is -2.08. The number of halogens is 2. The van der Waals surface area contributed by atoms with Crippen LogP contribution in [0, 0.1) is 0 Å². The Morgan fingerprint density at radius 1 is 1.42 bits per heavy atom. The van der Waals surface area contributed by atoms with E-state index in [1.54, 1.807) is 0 Å². The summed E-state index contributed by atoms with van der Waals surface area (Å²) in [5.74, 6) is -0.406. The first-order valence-electron chi connectivity index (χ1n) is 5.56. The van der Waals surface area contributed by atoms with E-state index < -0.39 is 5.97 Å². The predicted octanol–water partition coefficient (Wildman–Crippen LogP) is 2.76. The van der Waals surface area contributed by atoms with Gasteiger partial charge in [0.1, 0.15) is 13.2 Å². The van der Waals surface area contributed by atoms with Gasteiger partial charge in [-0.3, -0.25) is 14.2 Å². The third-order valence-corrected chi connectivity index (χ3v) is 5.65. The van der Waals surface area contributed by atoms with Crippen LogP contribution >= 0.6 is 43.2 Å². The average molecular weight is 409 g/mol. The molecule has 0 radical (unpaired) electrons. The smallest absolute Gasteiger partial charge is 0.326 e. The van der Waals surface area contributed by atoms with Crippen LogP contribution in [0.4, 0.5) is 0 Å². The molecule has 0 aliphatic heterocycles. The molecule has 19 heavy (non-hydrogen) atoms. The van der Waals surface area contributed by atoms with Crippen molar-refractivity contribution in [2.24, 2.45) is 0 Å². The maximum Gasteiger partial charge on any atom is 0.326 e. The summed E-state index contributed by atoms with van der Waals surface area (Å²) in [5, 5.41) is 0.696. The maximum absolute atomic E-state index is 11.8. The van der Waals surface area contributed by atoms with Crippen LogP contribution in [0.3, 0.4) is 0 Å². The molecule has 102 valence electrons. The zero-order valence-corrected chi connectivity index (χ0v) is 13.8. The fourth-order valence-electron chi connectivity index (χ4n) is 1.57. The van der Waals surface area contributed by atoms with Crippen LogP contribution in [-0.2, 0) is 16.1 Å². The molecule has 0 spiro atoms. The number of fused-ring (bicyclic) bond motifs is 1. The first kappa shape index (κ1) is 14.7. The molecule has 2 aromatic rings. The number of thiazole rings is 1. The van der Waals surface area contributed by atoms with E-state index in [4.69, 9.17) is 4.74 Å². The van der Waals surface area contributed by atoms with Crippen LogP contribution in [-0.4, -0.2) is 27.3 Å². The average Bonchev–Trinajstić information content (AvgIpc) is 2.72. The minimum atomic E-state index is -0.406. The molecule has 4 nitrogen and oxygen atoms in total. The number of benzene rings is 1. The molecule has 0 aliphatic rings. The lowest BCUT2D eigenvalue weighted by Crippen LogP contribution is -2.23. The van der Waals surface area contributed by atoms with E-state index in [0.29, 0.717) is 5.33 Å². The minimum absolute atomic E-state index is 0.0507. The van der Waals surface area contributed by atoms with E-state index in [9.17, 15) is 9.59 Å². The van der Waals surface area contributed by atoms with Crippen LogP contribution in [0.1, 0.15) is 0 Å². The van der Waals surface area contributed by atoms with Gasteiger partial charge in [0, 0.05) is 5.33 Å². The van der Waals surface area contributed by atoms with Gasteiger partial charge in [-0.2, -0.15) is 0 Å². The van der Waals surface area contributed by atoms with Crippen molar-refractivity contribution in [1.82, 2.24) is 4.57 Å². The SMILES string of the molecule is O=C(Cn1c(=O)sc2ccccc21)OC[C@@H](Br)CBr. The molecule has 1 atom stereocenters. The monoisotopic (exact) mass is 407 g/mol. The number of rotatable bonds is 5. The molecule has 0 aliphatic carbocycles. The fraction of sp³-hybridized carbons (Fsp3) is 0.333. The number of aromatic nitrogens is 1. The number of alkyl halides is 2. The molecule has 0 saturated carbocycles. The first-order chi connectivity index (χ1) is 9.11. The molecule has 0 fully saturated rings. The Bertz CT molecular complexity index is 637. The highest BCUT2D eigenvalue weighted by Gasteiger charge is 2.13. The summed E-state index contributed by atoms with van der Waals surface area (Å²) in [6.07, 6.45) is 0. The molecular weight excluding hydrogens is 398 g/mol. The van der Waals surface area contributed by atoms with Gasteiger partial charge >= 0.3 is 10.8 Å². The topological polar surface area (TPSA) is 48.3 Å². The van der Waals surface area contributed by atoms with Crippen molar-refractivity contribution in [3.05, 3.63) is 33.9 Å². The Hall–Kier alpha value is -0.660. The molecule has 0 bridgehead atoms. The molecule has 1 aromatic carbocycles. The quantitative estimate of drug-likeness (QED) is 0.564. The van der Waals surface area contributed by atoms with Crippen LogP contribution < -0.4 is 4.87 Å². The Balaban J connectivity index is 2.11. The second kappa shape index (κ2) is 6.67. The summed E-state index contributed by atoms with van der Waals surface area (Å²) in [7, 11) is 0. The third kappa shape index (κ3) is 3.67. The molecule has 0 amide bonds. The van der Waals surface area contributed by atoms with E-state index in [-0.39, 0.29) is 22.9 Å². The summed E-state index contributed by atoms with van der Waals surface area (Å²) in [5.41, 5.74) is 0.769. The minimum Gasteiger partial charge on any atom is -0.463 e. The van der Waals surface area contributed by atoms with Gasteiger partial charge in [-0.05, 0) is 12.1 Å². The lowest BCUT2D eigenvalue weighted by atomic mass is 10.3. The highest BCUT2D eigenvalue weighted by Crippen LogP contribution is 2.16. The Labute approximate surface area is 130 Å². The molecule has 0 N–H and O–H groups in total. The number of hydrogen-bond acceptors (Lipinski definition) is 4. The van der Waals surface area contributed by atoms with Crippen LogP contribution in [0.15, 0.2) is 29.1 Å². The molecule has 0 unspecified atom stereocenters. The van der Waals surface area contributed by atoms with Gasteiger partial charge in [0.15, 0.2) is 0 Å². The summed E-state index contributed by atoms with van der Waals surface area (Å²) in [4.78, 5) is 23.5. The number of hydrogen-bond donors (Lipinski definition) is 0. The van der Waals surface area contributed by atoms with E-state index in [1.807, 2.05) is 24.3 Å². The van der Waals surface area contributed by atoms with Gasteiger partial charge in [-0.25, -0.2) is 0 Å². The van der Waals surface area contributed by atoms with Crippen molar-refractivity contribution in [3.63, 3.8) is 0 Å². The zero-order valence-electron chi connectivity index (χ0n) is 9.84. The Morgan fingerprint density at radius 2 is 2.16 bits per heavy atom. The van der Waals surface area contributed by atoms with E-state index >= 15 is 0 Å². The van der Waals surface area contributed by atoms with E-state index in [0.717, 1.165) is 21.6 Å². The Morgan fingerprint density at radius 3 is 2.89 bits per heavy atom. The largest absolute Gasteiger partial charge is 0.463 e.